The first kappa shape index (κ1) is 71.6. The molecule has 2 rings (SSSR count). The van der Waals surface area contributed by atoms with Gasteiger partial charge in [0.25, 0.3) is 5.91 Å². The van der Waals surface area contributed by atoms with Crippen molar-refractivity contribution in [3.8, 4) is 0 Å². The van der Waals surface area contributed by atoms with Crippen LogP contribution in [-0.4, -0.2) is 157 Å². The number of hydrogen-bond donors (Lipinski definition) is 7. The van der Waals surface area contributed by atoms with Gasteiger partial charge in [-0.1, -0.05) is 103 Å². The molecule has 6 amide bonds. The van der Waals surface area contributed by atoms with E-state index in [1.807, 2.05) is 20.8 Å². The highest BCUT2D eigenvalue weighted by Gasteiger charge is 2.39. The number of nitrogens with zero attached hydrogens (tertiary/aromatic N) is 2. The molecule has 0 radical (unpaired) electrons. The number of cyclic esters (lactones) is 2. The summed E-state index contributed by atoms with van der Waals surface area (Å²) in [6, 6.07) is 4.09. The van der Waals surface area contributed by atoms with Crippen LogP contribution in [0.3, 0.4) is 0 Å². The van der Waals surface area contributed by atoms with E-state index in [4.69, 9.17) is 24.5 Å². The maximum Gasteiger partial charge on any atom is 0.481 e. The number of phosphoric ester groups is 2. The van der Waals surface area contributed by atoms with E-state index in [1.54, 1.807) is 64.1 Å². The number of carbonyl (C=O) groups excluding carboxylic acids is 8. The molecule has 0 bridgehead atoms. The van der Waals surface area contributed by atoms with Crippen LogP contribution in [-0.2, 0) is 76.7 Å². The van der Waals surface area contributed by atoms with Gasteiger partial charge in [0.15, 0.2) is 6.10 Å². The van der Waals surface area contributed by atoms with Crippen molar-refractivity contribution in [2.45, 2.75) is 170 Å². The number of amides is 6. The van der Waals surface area contributed by atoms with Crippen molar-refractivity contribution in [1.29, 1.82) is 0 Å². The van der Waals surface area contributed by atoms with E-state index < -0.39 is 124 Å². The predicted octanol–water partition coefficient (Wildman–Crippen LogP) is 5.13. The molecule has 1 aromatic rings. The normalized spacial score (nSPS) is 25.7. The highest BCUT2D eigenvalue weighted by molar-refractivity contribution is 7.61. The number of unbranched alkanes of at least 4 members (excludes halogenated alkanes) is 4. The van der Waals surface area contributed by atoms with Gasteiger partial charge in [-0.05, 0) is 76.9 Å². The molecule has 27 heteroatoms. The molecule has 458 valence electrons. The molecule has 8 N–H and O–H groups in total. The summed E-state index contributed by atoms with van der Waals surface area (Å²) < 4.78 is 55.2. The molecule has 81 heavy (non-hydrogen) atoms. The molecule has 11 atom stereocenters. The topological polar surface area (TPSA) is 347 Å². The highest BCUT2D eigenvalue weighted by atomic mass is 31.3. The Bertz CT molecular complexity index is 2410. The molecule has 2 unspecified atom stereocenters. The maximum absolute atomic E-state index is 14.3. The summed E-state index contributed by atoms with van der Waals surface area (Å²) in [6.07, 6.45) is 1.76. The van der Waals surface area contributed by atoms with Gasteiger partial charge in [-0.3, -0.25) is 33.0 Å². The molecular weight excluding hydrogens is 1100 g/mol. The van der Waals surface area contributed by atoms with Crippen molar-refractivity contribution in [2.24, 2.45) is 23.5 Å². The lowest BCUT2D eigenvalue weighted by Crippen LogP contribution is -2.57. The number of benzene rings is 1. The third-order valence-corrected chi connectivity index (χ3v) is 16.1. The predicted molar refractivity (Wildman–Crippen MR) is 300 cm³/mol. The van der Waals surface area contributed by atoms with Crippen LogP contribution < -0.4 is 27.0 Å². The maximum atomic E-state index is 14.3. The van der Waals surface area contributed by atoms with Crippen LogP contribution in [0.5, 0.6) is 0 Å². The molecule has 1 aromatic carbocycles. The monoisotopic (exact) mass is 1190 g/mol. The summed E-state index contributed by atoms with van der Waals surface area (Å²) >= 11 is 0. The summed E-state index contributed by atoms with van der Waals surface area (Å²) in [5, 5.41) is 10.8. The van der Waals surface area contributed by atoms with Crippen molar-refractivity contribution < 1.29 is 84.8 Å². The number of phosphoric acid groups is 2. The quantitative estimate of drug-likeness (QED) is 0.0260. The number of nitrogens with one attached hydrogen (secondary N) is 4. The zero-order valence-electron chi connectivity index (χ0n) is 49.0. The van der Waals surface area contributed by atoms with Crippen molar-refractivity contribution in [3.05, 3.63) is 59.2 Å². The largest absolute Gasteiger partial charge is 0.481 e. The SMILES string of the molecule is C/C=C(\C)[C@H]1OC(=O)[C@@H](C)NC(=O)[C@H]([C@@H](C)CC)NC(=O)CN(C)C(=O)[C@@H](Cc2ccccc2)N(C)C(=O)[C@H](C)NC(=O)[C@@H](CC(C)C)OC(=O)/C(C)=C/C[C@H](OC(=O)NCCCCCCCOP(=O)(O)OP(=O)(O)OCCN)[C@@H]1C. The minimum absolute atomic E-state index is 0.0368. The smallest absolute Gasteiger partial charge is 0.456 e. The fraction of sp³-hybridized carbons (Fsp3) is 0.667. The molecule has 0 aromatic heterocycles. The minimum atomic E-state index is -4.90. The van der Waals surface area contributed by atoms with Crippen molar-refractivity contribution in [2.75, 3.05) is 46.9 Å². The third-order valence-electron chi connectivity index (χ3n) is 13.5. The second-order valence-electron chi connectivity index (χ2n) is 20.7. The van der Waals surface area contributed by atoms with Gasteiger partial charge < -0.3 is 60.8 Å². The lowest BCUT2D eigenvalue weighted by atomic mass is 9.90. The molecule has 0 aliphatic carbocycles. The van der Waals surface area contributed by atoms with E-state index in [9.17, 15) is 57.3 Å². The van der Waals surface area contributed by atoms with Crippen LogP contribution in [0.25, 0.3) is 0 Å². The van der Waals surface area contributed by atoms with Crippen LogP contribution in [0.2, 0.25) is 0 Å². The van der Waals surface area contributed by atoms with E-state index >= 15 is 0 Å². The number of nitrogens with two attached hydrogens (primary N) is 1. The molecule has 25 nitrogen and oxygen atoms in total. The average Bonchev–Trinajstić information content (AvgIpc) is 3.44. The number of esters is 2. The van der Waals surface area contributed by atoms with Gasteiger partial charge in [-0.25, -0.2) is 23.5 Å². The summed E-state index contributed by atoms with van der Waals surface area (Å²) in [4.78, 5) is 133. The van der Waals surface area contributed by atoms with Crippen molar-refractivity contribution in [1.82, 2.24) is 31.1 Å². The summed E-state index contributed by atoms with van der Waals surface area (Å²) in [6.45, 7) is 15.5. The second-order valence-corrected chi connectivity index (χ2v) is 23.8. The number of likely N-dealkylation sites (N-methyl/N-ethyl adjacent to an activating group) is 2. The van der Waals surface area contributed by atoms with E-state index in [-0.39, 0.29) is 57.1 Å². The minimum Gasteiger partial charge on any atom is -0.456 e. The van der Waals surface area contributed by atoms with Crippen LogP contribution in [0, 0.1) is 17.8 Å². The van der Waals surface area contributed by atoms with Crippen molar-refractivity contribution >= 4 is 63.2 Å². The van der Waals surface area contributed by atoms with E-state index in [0.717, 1.165) is 4.90 Å². The van der Waals surface area contributed by atoms with Gasteiger partial charge in [0.2, 0.25) is 23.6 Å². The fourth-order valence-electron chi connectivity index (χ4n) is 8.34. The number of hydrogen-bond acceptors (Lipinski definition) is 17. The number of ether oxygens (including phenoxy) is 3. The van der Waals surface area contributed by atoms with Gasteiger partial charge in [-0.15, -0.1) is 0 Å². The second kappa shape index (κ2) is 35.5. The van der Waals surface area contributed by atoms with Crippen LogP contribution in [0.4, 0.5) is 4.79 Å². The van der Waals surface area contributed by atoms with Crippen LogP contribution in [0.1, 0.15) is 126 Å². The van der Waals surface area contributed by atoms with Crippen molar-refractivity contribution in [3.63, 3.8) is 0 Å². The first-order chi connectivity index (χ1) is 38.0. The fourth-order valence-corrected chi connectivity index (χ4v) is 10.5. The summed E-state index contributed by atoms with van der Waals surface area (Å²) in [5.74, 6) is -6.59. The number of carbonyl (C=O) groups is 8. The van der Waals surface area contributed by atoms with Gasteiger partial charge >= 0.3 is 33.7 Å². The Morgan fingerprint density at radius 2 is 1.47 bits per heavy atom. The third kappa shape index (κ3) is 25.7. The van der Waals surface area contributed by atoms with E-state index in [2.05, 4.69) is 30.1 Å². The molecular formula is C54H89N7O18P2. The number of rotatable bonds is 22. The average molecular weight is 1190 g/mol. The first-order valence-electron chi connectivity index (χ1n) is 27.4. The molecule has 1 aliphatic rings. The number of alkyl carbamates (subject to hydrolysis) is 1. The van der Waals surface area contributed by atoms with Crippen LogP contribution >= 0.6 is 15.6 Å². The van der Waals surface area contributed by atoms with Gasteiger partial charge in [0.05, 0.1) is 19.8 Å². The zero-order chi connectivity index (χ0) is 61.2. The van der Waals surface area contributed by atoms with Gasteiger partial charge in [0.1, 0.15) is 36.4 Å². The Morgan fingerprint density at radius 1 is 0.864 bits per heavy atom. The lowest BCUT2D eigenvalue weighted by molar-refractivity contribution is -0.155. The molecule has 0 saturated carbocycles. The molecule has 0 spiro atoms. The first-order valence-corrected chi connectivity index (χ1v) is 30.4. The van der Waals surface area contributed by atoms with E-state index in [1.165, 1.54) is 45.8 Å². The molecule has 0 saturated heterocycles. The molecule has 1 heterocycles. The van der Waals surface area contributed by atoms with Gasteiger partial charge in [-0.2, -0.15) is 4.31 Å². The Hall–Kier alpha value is -5.52. The lowest BCUT2D eigenvalue weighted by Gasteiger charge is -2.33. The Labute approximate surface area is 476 Å². The Balaban J connectivity index is 2.50. The molecule has 0 fully saturated rings. The molecule has 1 aliphatic heterocycles. The standard InChI is InChI=1S/C54H89N7O18P2/c1-13-35(5)46-49(64)58-40(10)53(68)78-47(36(6)14-2)38(8)43(77-54(69)56-28-21-16-15-17-22-29-74-80(70,71)79-81(72,73)75-30-27-55)26-25-37(7)52(67)76-44(31-34(3)4)48(63)57-39(9)50(65)61(12)42(32-41-23-19-18-20-24-41)51(66)60(11)33-45(62)59-46/h14,18-20,23-25,34-35,38-40,42-44,46-47H,13,15-17,21-22,26-33,55H2,1-12H3,(H,56,69)(H,57,63)(H,58,64)(H,59,62)(H,70,71)(H,72,73)/b36-14+,37-25+/t35-,38-,39-,40+,42+,43-,44+,46-,47+/m0/s1. The van der Waals surface area contributed by atoms with Gasteiger partial charge in [0, 0.05) is 51.5 Å². The Morgan fingerprint density at radius 3 is 2.07 bits per heavy atom. The Kier molecular flexibility index (Phi) is 31.3. The summed E-state index contributed by atoms with van der Waals surface area (Å²) in [7, 11) is -6.97. The highest BCUT2D eigenvalue weighted by Crippen LogP contribution is 2.60. The zero-order valence-corrected chi connectivity index (χ0v) is 50.8. The summed E-state index contributed by atoms with van der Waals surface area (Å²) in [5.41, 5.74) is 6.50. The number of allylic oxidation sites excluding steroid dienone is 1. The van der Waals surface area contributed by atoms with E-state index in [0.29, 0.717) is 49.7 Å². The van der Waals surface area contributed by atoms with Crippen LogP contribution in [0.15, 0.2) is 53.6 Å².